The van der Waals surface area contributed by atoms with Gasteiger partial charge in [0.1, 0.15) is 11.8 Å². The van der Waals surface area contributed by atoms with Gasteiger partial charge in [0, 0.05) is 19.5 Å². The summed E-state index contributed by atoms with van der Waals surface area (Å²) in [6.45, 7) is 2.05. The fraction of sp³-hybridized carbons (Fsp3) is 0.333. The molecule has 0 spiro atoms. The zero-order chi connectivity index (χ0) is 19.6. The minimum atomic E-state index is -0.771. The van der Waals surface area contributed by atoms with Crippen molar-refractivity contribution in [1.82, 2.24) is 10.2 Å². The highest BCUT2D eigenvalue weighted by Gasteiger charge is 2.30. The van der Waals surface area contributed by atoms with Crippen LogP contribution in [0.15, 0.2) is 54.6 Å². The Labute approximate surface area is 159 Å². The van der Waals surface area contributed by atoms with E-state index in [1.54, 1.807) is 18.9 Å². The van der Waals surface area contributed by atoms with Gasteiger partial charge in [-0.25, -0.2) is 0 Å². The second-order valence-corrected chi connectivity index (χ2v) is 6.05. The topological polar surface area (TPSA) is 78.9 Å². The van der Waals surface area contributed by atoms with Gasteiger partial charge < -0.3 is 20.1 Å². The van der Waals surface area contributed by atoms with Crippen molar-refractivity contribution in [2.75, 3.05) is 20.3 Å². The van der Waals surface area contributed by atoms with Crippen LogP contribution < -0.4 is 10.1 Å². The zero-order valence-electron chi connectivity index (χ0n) is 15.7. The average Bonchev–Trinajstić information content (AvgIpc) is 2.72. The van der Waals surface area contributed by atoms with E-state index in [2.05, 4.69) is 5.32 Å². The number of carbonyl (C=O) groups excluding carboxylic acids is 2. The number of nitrogens with one attached hydrogen (secondary N) is 1. The molecular formula is C21H26N2O4. The van der Waals surface area contributed by atoms with Crippen molar-refractivity contribution >= 4 is 11.8 Å². The molecule has 0 aliphatic heterocycles. The minimum Gasteiger partial charge on any atom is -0.497 e. The van der Waals surface area contributed by atoms with E-state index < -0.39 is 6.04 Å². The normalized spacial score (nSPS) is 11.5. The van der Waals surface area contributed by atoms with Crippen LogP contribution in [-0.2, 0) is 16.1 Å². The lowest BCUT2D eigenvalue weighted by Crippen LogP contribution is -2.43. The third kappa shape index (κ3) is 5.56. The Bertz CT molecular complexity index is 732. The lowest BCUT2D eigenvalue weighted by molar-refractivity contribution is -0.141. The predicted molar refractivity (Wildman–Crippen MR) is 103 cm³/mol. The van der Waals surface area contributed by atoms with Gasteiger partial charge in [-0.2, -0.15) is 0 Å². The molecule has 2 N–H and O–H groups in total. The molecule has 2 aromatic carbocycles. The summed E-state index contributed by atoms with van der Waals surface area (Å²) in [5.74, 6) is 0.289. The van der Waals surface area contributed by atoms with Crippen molar-refractivity contribution in [2.24, 2.45) is 0 Å². The Kier molecular flexibility index (Phi) is 7.82. The molecule has 6 nitrogen and oxygen atoms in total. The molecular weight excluding hydrogens is 344 g/mol. The van der Waals surface area contributed by atoms with Gasteiger partial charge in [0.05, 0.1) is 13.7 Å². The molecule has 27 heavy (non-hydrogen) atoms. The number of benzene rings is 2. The molecule has 0 aromatic heterocycles. The van der Waals surface area contributed by atoms with E-state index >= 15 is 0 Å². The van der Waals surface area contributed by atoms with Gasteiger partial charge in [-0.3, -0.25) is 9.59 Å². The van der Waals surface area contributed by atoms with E-state index in [4.69, 9.17) is 9.84 Å². The van der Waals surface area contributed by atoms with Gasteiger partial charge in [0.2, 0.25) is 11.8 Å². The third-order valence-electron chi connectivity index (χ3n) is 4.22. The van der Waals surface area contributed by atoms with Crippen LogP contribution in [0, 0.1) is 0 Å². The molecule has 0 radical (unpaired) electrons. The number of amides is 2. The number of ether oxygens (including phenoxy) is 1. The van der Waals surface area contributed by atoms with Gasteiger partial charge in [-0.1, -0.05) is 49.4 Å². The number of rotatable bonds is 9. The number of aliphatic hydroxyl groups excluding tert-OH is 1. The number of nitrogens with zero attached hydrogens (tertiary/aromatic N) is 1. The van der Waals surface area contributed by atoms with E-state index in [9.17, 15) is 9.59 Å². The highest BCUT2D eigenvalue weighted by atomic mass is 16.5. The maximum Gasteiger partial charge on any atom is 0.247 e. The van der Waals surface area contributed by atoms with E-state index in [0.29, 0.717) is 6.54 Å². The van der Waals surface area contributed by atoms with Crippen molar-refractivity contribution in [3.05, 3.63) is 65.7 Å². The Morgan fingerprint density at radius 3 is 2.33 bits per heavy atom. The van der Waals surface area contributed by atoms with Crippen molar-refractivity contribution in [1.29, 1.82) is 0 Å². The van der Waals surface area contributed by atoms with Crippen LogP contribution in [0.3, 0.4) is 0 Å². The first kappa shape index (κ1) is 20.5. The van der Waals surface area contributed by atoms with E-state index in [0.717, 1.165) is 16.9 Å². The molecule has 2 amide bonds. The number of hydrogen-bond acceptors (Lipinski definition) is 4. The SMILES string of the molecule is CCC(=O)N(Cc1ccc(OC)cc1)[C@H](C(=O)NCCO)c1ccccc1. The summed E-state index contributed by atoms with van der Waals surface area (Å²) in [4.78, 5) is 27.1. The Morgan fingerprint density at radius 1 is 1.11 bits per heavy atom. The predicted octanol–water partition coefficient (Wildman–Crippen LogP) is 2.28. The molecule has 2 aromatic rings. The number of methoxy groups -OCH3 is 1. The van der Waals surface area contributed by atoms with Gasteiger partial charge in [0.15, 0.2) is 0 Å². The molecule has 144 valence electrons. The lowest BCUT2D eigenvalue weighted by atomic mass is 10.0. The smallest absolute Gasteiger partial charge is 0.247 e. The Morgan fingerprint density at radius 2 is 1.78 bits per heavy atom. The molecule has 0 saturated heterocycles. The highest BCUT2D eigenvalue weighted by Crippen LogP contribution is 2.25. The van der Waals surface area contributed by atoms with E-state index in [1.165, 1.54) is 0 Å². The first-order chi connectivity index (χ1) is 13.1. The van der Waals surface area contributed by atoms with Crippen molar-refractivity contribution in [3.8, 4) is 5.75 Å². The van der Waals surface area contributed by atoms with Crippen LogP contribution in [0.5, 0.6) is 5.75 Å². The zero-order valence-corrected chi connectivity index (χ0v) is 15.7. The van der Waals surface area contributed by atoms with Crippen molar-refractivity contribution in [3.63, 3.8) is 0 Å². The monoisotopic (exact) mass is 370 g/mol. The molecule has 0 saturated carbocycles. The van der Waals surface area contributed by atoms with Gasteiger partial charge in [0.25, 0.3) is 0 Å². The quantitative estimate of drug-likeness (QED) is 0.710. The summed E-state index contributed by atoms with van der Waals surface area (Å²) >= 11 is 0. The lowest BCUT2D eigenvalue weighted by Gasteiger charge is -2.31. The molecule has 6 heteroatoms. The van der Waals surface area contributed by atoms with Crippen LogP contribution in [0.1, 0.15) is 30.5 Å². The van der Waals surface area contributed by atoms with Gasteiger partial charge >= 0.3 is 0 Å². The van der Waals surface area contributed by atoms with Gasteiger partial charge in [-0.15, -0.1) is 0 Å². The number of aliphatic hydroxyl groups is 1. The van der Waals surface area contributed by atoms with Crippen LogP contribution >= 0.6 is 0 Å². The summed E-state index contributed by atoms with van der Waals surface area (Å²) in [6.07, 6.45) is 0.284. The molecule has 0 bridgehead atoms. The maximum atomic E-state index is 12.8. The molecule has 0 unspecified atom stereocenters. The highest BCUT2D eigenvalue weighted by molar-refractivity contribution is 5.88. The second-order valence-electron chi connectivity index (χ2n) is 6.05. The molecule has 2 rings (SSSR count). The van der Waals surface area contributed by atoms with Crippen LogP contribution in [0.25, 0.3) is 0 Å². The average molecular weight is 370 g/mol. The van der Waals surface area contributed by atoms with Crippen molar-refractivity contribution < 1.29 is 19.4 Å². The largest absolute Gasteiger partial charge is 0.497 e. The molecule has 1 atom stereocenters. The third-order valence-corrected chi connectivity index (χ3v) is 4.22. The number of carbonyl (C=O) groups is 2. The summed E-state index contributed by atoms with van der Waals surface area (Å²) in [5, 5.41) is 11.7. The minimum absolute atomic E-state index is 0.126. The fourth-order valence-electron chi connectivity index (χ4n) is 2.84. The van der Waals surface area contributed by atoms with Gasteiger partial charge in [-0.05, 0) is 23.3 Å². The molecule has 0 heterocycles. The Hall–Kier alpha value is -2.86. The maximum absolute atomic E-state index is 12.8. The molecule has 0 aliphatic rings. The fourth-order valence-corrected chi connectivity index (χ4v) is 2.84. The molecule has 0 fully saturated rings. The van der Waals surface area contributed by atoms with E-state index in [-0.39, 0.29) is 31.4 Å². The number of hydrogen-bond donors (Lipinski definition) is 2. The first-order valence-corrected chi connectivity index (χ1v) is 8.96. The van der Waals surface area contributed by atoms with E-state index in [1.807, 2.05) is 54.6 Å². The summed E-state index contributed by atoms with van der Waals surface area (Å²) in [5.41, 5.74) is 1.62. The second kappa shape index (κ2) is 10.3. The standard InChI is InChI=1S/C21H26N2O4/c1-3-19(25)23(15-16-9-11-18(27-2)12-10-16)20(21(26)22-13-14-24)17-7-5-4-6-8-17/h4-12,20,24H,3,13-15H2,1-2H3,(H,22,26)/t20-/m0/s1. The first-order valence-electron chi connectivity index (χ1n) is 8.96. The summed E-state index contributed by atoms with van der Waals surface area (Å²) in [6, 6.07) is 15.8. The Balaban J connectivity index is 2.37. The van der Waals surface area contributed by atoms with Crippen LogP contribution in [0.4, 0.5) is 0 Å². The molecule has 0 aliphatic carbocycles. The van der Waals surface area contributed by atoms with Crippen LogP contribution in [-0.4, -0.2) is 42.1 Å². The van der Waals surface area contributed by atoms with Crippen molar-refractivity contribution in [2.45, 2.75) is 25.9 Å². The summed E-state index contributed by atoms with van der Waals surface area (Å²) in [7, 11) is 1.60. The van der Waals surface area contributed by atoms with Crippen LogP contribution in [0.2, 0.25) is 0 Å². The summed E-state index contributed by atoms with van der Waals surface area (Å²) < 4.78 is 5.17.